The van der Waals surface area contributed by atoms with Crippen LogP contribution in [-0.4, -0.2) is 3.21 Å². The third-order valence-electron chi connectivity index (χ3n) is 8.35. The second-order valence-electron chi connectivity index (χ2n) is 12.5. The molecule has 0 bridgehead atoms. The Hall–Kier alpha value is -2.18. The number of rotatable bonds is 2. The van der Waals surface area contributed by atoms with E-state index in [-0.39, 0.29) is 35.6 Å². The molecular formula is C39H40Cl2Zr-2. The van der Waals surface area contributed by atoms with Gasteiger partial charge < -0.3 is 24.8 Å². The maximum atomic E-state index is 3.15. The monoisotopic (exact) mass is 668 g/mol. The Bertz CT molecular complexity index is 1620. The van der Waals surface area contributed by atoms with Gasteiger partial charge in [-0.25, -0.2) is 11.6 Å². The van der Waals surface area contributed by atoms with Gasteiger partial charge in [0.25, 0.3) is 0 Å². The molecule has 3 heteroatoms. The van der Waals surface area contributed by atoms with Gasteiger partial charge in [-0.2, -0.15) is 6.08 Å². The summed E-state index contributed by atoms with van der Waals surface area (Å²) in [5, 5.41) is 5.53. The minimum absolute atomic E-state index is 0. The van der Waals surface area contributed by atoms with Crippen molar-refractivity contribution in [2.24, 2.45) is 5.92 Å². The van der Waals surface area contributed by atoms with Crippen molar-refractivity contribution in [3.8, 4) is 0 Å². The Labute approximate surface area is 280 Å². The minimum atomic E-state index is 0. The number of hydrogen-bond acceptors (Lipinski definition) is 0. The van der Waals surface area contributed by atoms with Crippen LogP contribution in [0, 0.1) is 12.0 Å². The number of halogens is 2. The summed E-state index contributed by atoms with van der Waals surface area (Å²) in [5.41, 5.74) is 8.72. The van der Waals surface area contributed by atoms with E-state index >= 15 is 0 Å². The molecule has 1 atom stereocenters. The fourth-order valence-corrected chi connectivity index (χ4v) is 6.31. The zero-order chi connectivity index (χ0) is 28.7. The molecule has 3 aliphatic rings. The third-order valence-corrected chi connectivity index (χ3v) is 9.93. The maximum Gasteiger partial charge on any atom is -1.00 e. The van der Waals surface area contributed by atoms with Crippen molar-refractivity contribution in [2.45, 2.75) is 65.7 Å². The zero-order valence-corrected chi connectivity index (χ0v) is 29.7. The number of hydrogen-bond donors (Lipinski definition) is 0. The SMILES string of the molecule is CC1(C)C=Cc2cc3c(cc21)[cH-]c1cc2c(cc13)C=CC2(C)C.CC1=CC(C)[C-]=C1.CC[C](=[Zr+2])c1ccccc1.[Cl-].[Cl-]. The summed E-state index contributed by atoms with van der Waals surface area (Å²) in [7, 11) is 0. The predicted octanol–water partition coefficient (Wildman–Crippen LogP) is 4.43. The topological polar surface area (TPSA) is 0 Å². The molecule has 3 aliphatic carbocycles. The molecule has 0 aromatic heterocycles. The molecule has 4 aromatic carbocycles. The Morgan fingerprint density at radius 3 is 1.71 bits per heavy atom. The van der Waals surface area contributed by atoms with Crippen molar-refractivity contribution in [1.82, 2.24) is 0 Å². The molecule has 4 aromatic rings. The Balaban J connectivity index is 0.000000213. The summed E-state index contributed by atoms with van der Waals surface area (Å²) in [5.74, 6) is 0.556. The van der Waals surface area contributed by atoms with Crippen molar-refractivity contribution in [3.63, 3.8) is 0 Å². The molecule has 0 heterocycles. The summed E-state index contributed by atoms with van der Waals surface area (Å²) in [6.45, 7) is 15.6. The van der Waals surface area contributed by atoms with E-state index in [1.54, 1.807) is 3.21 Å². The van der Waals surface area contributed by atoms with Gasteiger partial charge in [0.2, 0.25) is 0 Å². The molecule has 0 spiro atoms. The summed E-state index contributed by atoms with van der Waals surface area (Å²) < 4.78 is 1.55. The zero-order valence-electron chi connectivity index (χ0n) is 25.8. The average molecular weight is 671 g/mol. The normalized spacial score (nSPS) is 17.7. The fraction of sp³-hybridized carbons (Fsp3) is 0.282. The molecule has 0 N–H and O–H groups in total. The van der Waals surface area contributed by atoms with Gasteiger partial charge in [-0.15, -0.1) is 46.7 Å². The number of benzene rings is 3. The molecule has 216 valence electrons. The van der Waals surface area contributed by atoms with Crippen LogP contribution < -0.4 is 24.8 Å². The van der Waals surface area contributed by atoms with Crippen LogP contribution in [-0.2, 0) is 35.1 Å². The number of allylic oxidation sites excluding steroid dienone is 6. The Morgan fingerprint density at radius 1 is 0.833 bits per heavy atom. The molecule has 0 amide bonds. The average Bonchev–Trinajstić information content (AvgIpc) is 3.66. The molecular weight excluding hydrogens is 631 g/mol. The fourth-order valence-electron chi connectivity index (χ4n) is 5.90. The molecule has 0 saturated heterocycles. The third kappa shape index (κ3) is 7.13. The van der Waals surface area contributed by atoms with Gasteiger partial charge >= 0.3 is 76.7 Å². The first kappa shape index (κ1) is 34.3. The first-order valence-electron chi connectivity index (χ1n) is 14.5. The molecule has 0 radical (unpaired) electrons. The van der Waals surface area contributed by atoms with Crippen LogP contribution in [0.25, 0.3) is 33.7 Å². The molecule has 0 saturated carbocycles. The van der Waals surface area contributed by atoms with Crippen LogP contribution in [0.4, 0.5) is 0 Å². The molecule has 7 rings (SSSR count). The first-order chi connectivity index (χ1) is 19.0. The Kier molecular flexibility index (Phi) is 11.1. The van der Waals surface area contributed by atoms with E-state index in [1.807, 2.05) is 6.08 Å². The van der Waals surface area contributed by atoms with E-state index in [2.05, 4.69) is 146 Å². The van der Waals surface area contributed by atoms with Crippen LogP contribution in [0.1, 0.15) is 82.7 Å². The van der Waals surface area contributed by atoms with Gasteiger partial charge in [0.05, 0.1) is 0 Å². The molecule has 0 aliphatic heterocycles. The molecule has 0 nitrogen and oxygen atoms in total. The van der Waals surface area contributed by atoms with E-state index in [0.717, 1.165) is 0 Å². The van der Waals surface area contributed by atoms with Gasteiger partial charge in [-0.05, 0) is 11.1 Å². The van der Waals surface area contributed by atoms with Gasteiger partial charge in [-0.1, -0.05) is 88.1 Å². The van der Waals surface area contributed by atoms with E-state index in [0.29, 0.717) is 5.92 Å². The quantitative estimate of drug-likeness (QED) is 0.277. The van der Waals surface area contributed by atoms with Crippen molar-refractivity contribution >= 4 is 36.9 Å². The molecule has 0 fully saturated rings. The van der Waals surface area contributed by atoms with Crippen molar-refractivity contribution in [2.75, 3.05) is 0 Å². The van der Waals surface area contributed by atoms with Gasteiger partial charge in [-0.3, -0.25) is 6.08 Å². The van der Waals surface area contributed by atoms with Crippen molar-refractivity contribution < 1.29 is 49.0 Å². The van der Waals surface area contributed by atoms with Crippen molar-refractivity contribution in [3.05, 3.63) is 124 Å². The summed E-state index contributed by atoms with van der Waals surface area (Å²) in [6, 6.07) is 22.5. The maximum absolute atomic E-state index is 3.15. The Morgan fingerprint density at radius 2 is 1.33 bits per heavy atom. The largest absolute Gasteiger partial charge is 1.00 e. The predicted molar refractivity (Wildman–Crippen MR) is 173 cm³/mol. The van der Waals surface area contributed by atoms with Crippen LogP contribution >= 0.6 is 0 Å². The van der Waals surface area contributed by atoms with Gasteiger partial charge in [0, 0.05) is 10.8 Å². The van der Waals surface area contributed by atoms with E-state index in [4.69, 9.17) is 0 Å². The van der Waals surface area contributed by atoms with Crippen LogP contribution in [0.3, 0.4) is 0 Å². The molecule has 1 unspecified atom stereocenters. The van der Waals surface area contributed by atoms with Gasteiger partial charge in [0.1, 0.15) is 0 Å². The van der Waals surface area contributed by atoms with Crippen LogP contribution in [0.15, 0.2) is 90.5 Å². The van der Waals surface area contributed by atoms with Crippen LogP contribution in [0.2, 0.25) is 0 Å². The first-order valence-corrected chi connectivity index (χ1v) is 15.7. The van der Waals surface area contributed by atoms with Gasteiger partial charge in [0.15, 0.2) is 0 Å². The van der Waals surface area contributed by atoms with E-state index < -0.39 is 0 Å². The second-order valence-corrected chi connectivity index (χ2v) is 14.0. The summed E-state index contributed by atoms with van der Waals surface area (Å²) in [6.07, 6.45) is 17.8. The molecule has 42 heavy (non-hydrogen) atoms. The number of fused-ring (bicyclic) bond motifs is 5. The van der Waals surface area contributed by atoms with Crippen molar-refractivity contribution in [1.29, 1.82) is 0 Å². The minimum Gasteiger partial charge on any atom is -1.00 e. The van der Waals surface area contributed by atoms with E-state index in [9.17, 15) is 0 Å². The second kappa shape index (κ2) is 13.6. The van der Waals surface area contributed by atoms with Crippen LogP contribution in [0.5, 0.6) is 0 Å². The summed E-state index contributed by atoms with van der Waals surface area (Å²) >= 11 is 1.54. The standard InChI is InChI=1S/C23H21.C9H10.C7H9.2ClH.Zr/c1-22(2)7-5-14-10-18-16(12-20(14)22)9-17-13-21-15(11-19(17)18)6-8-23(21,3)4;1-2-6-9-7-4-3-5-8-9;1-6-3-4-7(2)5-6;;;/h5-13H,1-4H3;3-5,7-8H,2H2,1H3;3,5,7H,1-2H3;2*1H;/q-1;;-1;;;+2/p-2. The van der Waals surface area contributed by atoms with E-state index in [1.165, 1.54) is 85.6 Å². The summed E-state index contributed by atoms with van der Waals surface area (Å²) in [4.78, 5) is 0. The smallest absolute Gasteiger partial charge is 1.00 e.